The van der Waals surface area contributed by atoms with E-state index in [1.807, 2.05) is 0 Å². The molecule has 2 rings (SSSR count). The summed E-state index contributed by atoms with van der Waals surface area (Å²) in [5, 5.41) is 0.651. The van der Waals surface area contributed by atoms with Crippen LogP contribution in [0, 0.1) is 0 Å². The van der Waals surface area contributed by atoms with Crippen LogP contribution in [-0.4, -0.2) is 30.3 Å². The van der Waals surface area contributed by atoms with E-state index in [0.717, 1.165) is 12.2 Å². The Morgan fingerprint density at radius 3 is 2.94 bits per heavy atom. The Morgan fingerprint density at radius 1 is 1.38 bits per heavy atom. The van der Waals surface area contributed by atoms with Crippen molar-refractivity contribution in [1.29, 1.82) is 0 Å². The Kier molecular flexibility index (Phi) is 3.35. The summed E-state index contributed by atoms with van der Waals surface area (Å²) < 4.78 is 1.70. The Labute approximate surface area is 97.3 Å². The largest absolute Gasteiger partial charge is 0.368 e. The monoisotopic (exact) mass is 236 g/mol. The molecule has 0 saturated carbocycles. The van der Waals surface area contributed by atoms with E-state index in [0.29, 0.717) is 11.1 Å². The molecule has 84 valence electrons. The van der Waals surface area contributed by atoms with Crippen molar-refractivity contribution < 1.29 is 0 Å². The molecular formula is C9H12N6S. The third-order valence-electron chi connectivity index (χ3n) is 1.79. The van der Waals surface area contributed by atoms with Gasteiger partial charge in [-0.15, -0.1) is 0 Å². The summed E-state index contributed by atoms with van der Waals surface area (Å²) >= 11 is 1.57. The number of nitrogen functional groups attached to an aromatic ring is 1. The first kappa shape index (κ1) is 10.9. The molecule has 16 heavy (non-hydrogen) atoms. The SMILES string of the molecule is CCCSc1nc(N)nc(-n2ccnc2)n1. The predicted molar refractivity (Wildman–Crippen MR) is 62.4 cm³/mol. The van der Waals surface area contributed by atoms with Crippen LogP contribution >= 0.6 is 11.8 Å². The standard InChI is InChI=1S/C9H12N6S/c1-2-5-16-9-13-7(10)12-8(14-9)15-4-3-11-6-15/h3-4,6H,2,5H2,1H3,(H2,10,12,13,14). The summed E-state index contributed by atoms with van der Waals surface area (Å²) in [6.07, 6.45) is 6.13. The second kappa shape index (κ2) is 4.93. The second-order valence-corrected chi connectivity index (χ2v) is 4.16. The quantitative estimate of drug-likeness (QED) is 0.802. The van der Waals surface area contributed by atoms with Gasteiger partial charge in [-0.25, -0.2) is 4.98 Å². The summed E-state index contributed by atoms with van der Waals surface area (Å²) in [5.74, 6) is 1.70. The van der Waals surface area contributed by atoms with Crippen LogP contribution < -0.4 is 5.73 Å². The molecule has 0 fully saturated rings. The minimum absolute atomic E-state index is 0.234. The van der Waals surface area contributed by atoms with E-state index >= 15 is 0 Å². The molecule has 2 heterocycles. The van der Waals surface area contributed by atoms with Gasteiger partial charge < -0.3 is 5.73 Å². The maximum absolute atomic E-state index is 5.63. The zero-order valence-corrected chi connectivity index (χ0v) is 9.68. The van der Waals surface area contributed by atoms with Crippen molar-refractivity contribution in [3.05, 3.63) is 18.7 Å². The Bertz CT molecular complexity index is 455. The first-order chi connectivity index (χ1) is 7.79. The normalized spacial score (nSPS) is 10.6. The molecule has 0 radical (unpaired) electrons. The van der Waals surface area contributed by atoms with Gasteiger partial charge in [-0.05, 0) is 6.42 Å². The van der Waals surface area contributed by atoms with E-state index in [1.54, 1.807) is 35.0 Å². The number of aromatic nitrogens is 5. The molecule has 0 aromatic carbocycles. The average molecular weight is 236 g/mol. The molecule has 0 spiro atoms. The van der Waals surface area contributed by atoms with E-state index < -0.39 is 0 Å². The zero-order valence-electron chi connectivity index (χ0n) is 8.87. The average Bonchev–Trinajstić information content (AvgIpc) is 2.79. The number of nitrogens with zero attached hydrogens (tertiary/aromatic N) is 5. The van der Waals surface area contributed by atoms with Crippen LogP contribution in [0.1, 0.15) is 13.3 Å². The minimum atomic E-state index is 0.234. The number of imidazole rings is 1. The van der Waals surface area contributed by atoms with Gasteiger partial charge in [0.05, 0.1) is 0 Å². The van der Waals surface area contributed by atoms with Gasteiger partial charge in [0, 0.05) is 18.1 Å². The van der Waals surface area contributed by atoms with Crippen molar-refractivity contribution in [3.63, 3.8) is 0 Å². The lowest BCUT2D eigenvalue weighted by Gasteiger charge is -2.03. The van der Waals surface area contributed by atoms with E-state index in [2.05, 4.69) is 26.9 Å². The molecule has 2 aromatic rings. The highest BCUT2D eigenvalue weighted by Crippen LogP contribution is 2.15. The van der Waals surface area contributed by atoms with Gasteiger partial charge in [0.2, 0.25) is 11.9 Å². The molecule has 0 atom stereocenters. The van der Waals surface area contributed by atoms with E-state index in [4.69, 9.17) is 5.73 Å². The lowest BCUT2D eigenvalue weighted by Crippen LogP contribution is -2.06. The van der Waals surface area contributed by atoms with Crippen molar-refractivity contribution in [2.24, 2.45) is 0 Å². The first-order valence-corrected chi connectivity index (χ1v) is 5.91. The molecule has 0 aliphatic heterocycles. The third kappa shape index (κ3) is 2.48. The van der Waals surface area contributed by atoms with E-state index in [9.17, 15) is 0 Å². The molecule has 0 aliphatic rings. The van der Waals surface area contributed by atoms with Crippen molar-refractivity contribution in [3.8, 4) is 5.95 Å². The molecule has 2 N–H and O–H groups in total. The summed E-state index contributed by atoms with van der Waals surface area (Å²) in [5.41, 5.74) is 5.63. The van der Waals surface area contributed by atoms with Gasteiger partial charge in [-0.3, -0.25) is 4.57 Å². The fourth-order valence-corrected chi connectivity index (χ4v) is 1.80. The summed E-state index contributed by atoms with van der Waals surface area (Å²) in [6.45, 7) is 2.11. The molecule has 7 heteroatoms. The number of anilines is 1. The molecule has 0 amide bonds. The molecule has 0 unspecified atom stereocenters. The van der Waals surface area contributed by atoms with Crippen LogP contribution in [0.2, 0.25) is 0 Å². The number of hydrogen-bond acceptors (Lipinski definition) is 6. The Morgan fingerprint density at radius 2 is 2.25 bits per heavy atom. The summed E-state index contributed by atoms with van der Waals surface area (Å²) in [6, 6.07) is 0. The lowest BCUT2D eigenvalue weighted by atomic mass is 10.6. The summed E-state index contributed by atoms with van der Waals surface area (Å²) in [7, 11) is 0. The fraction of sp³-hybridized carbons (Fsp3) is 0.333. The van der Waals surface area contributed by atoms with Gasteiger partial charge in [-0.1, -0.05) is 18.7 Å². The van der Waals surface area contributed by atoms with Gasteiger partial charge in [0.15, 0.2) is 5.16 Å². The Balaban J connectivity index is 2.29. The van der Waals surface area contributed by atoms with Crippen molar-refractivity contribution in [2.45, 2.75) is 18.5 Å². The number of rotatable bonds is 4. The lowest BCUT2D eigenvalue weighted by molar-refractivity contribution is 0.831. The van der Waals surface area contributed by atoms with Crippen LogP contribution in [0.15, 0.2) is 23.9 Å². The number of nitrogens with two attached hydrogens (primary N) is 1. The van der Waals surface area contributed by atoms with Gasteiger partial charge in [0.25, 0.3) is 0 Å². The molecule has 0 aliphatic carbocycles. The molecular weight excluding hydrogens is 224 g/mol. The molecule has 0 bridgehead atoms. The van der Waals surface area contributed by atoms with Crippen LogP contribution in [0.4, 0.5) is 5.95 Å². The smallest absolute Gasteiger partial charge is 0.240 e. The highest BCUT2D eigenvalue weighted by Gasteiger charge is 2.05. The minimum Gasteiger partial charge on any atom is -0.368 e. The van der Waals surface area contributed by atoms with Gasteiger partial charge in [-0.2, -0.15) is 15.0 Å². The molecule has 2 aromatic heterocycles. The first-order valence-electron chi connectivity index (χ1n) is 4.92. The Hall–Kier alpha value is -1.63. The van der Waals surface area contributed by atoms with Crippen molar-refractivity contribution in [2.75, 3.05) is 11.5 Å². The maximum Gasteiger partial charge on any atom is 0.240 e. The molecule has 6 nitrogen and oxygen atoms in total. The highest BCUT2D eigenvalue weighted by atomic mass is 32.2. The number of hydrogen-bond donors (Lipinski definition) is 1. The zero-order chi connectivity index (χ0) is 11.4. The maximum atomic E-state index is 5.63. The highest BCUT2D eigenvalue weighted by molar-refractivity contribution is 7.99. The van der Waals surface area contributed by atoms with Crippen LogP contribution in [-0.2, 0) is 0 Å². The third-order valence-corrected chi connectivity index (χ3v) is 2.84. The topological polar surface area (TPSA) is 82.5 Å². The van der Waals surface area contributed by atoms with Crippen molar-refractivity contribution in [1.82, 2.24) is 24.5 Å². The van der Waals surface area contributed by atoms with E-state index in [1.165, 1.54) is 0 Å². The van der Waals surface area contributed by atoms with Gasteiger partial charge >= 0.3 is 0 Å². The molecule has 0 saturated heterocycles. The second-order valence-electron chi connectivity index (χ2n) is 3.09. The number of thioether (sulfide) groups is 1. The van der Waals surface area contributed by atoms with Crippen LogP contribution in [0.5, 0.6) is 0 Å². The van der Waals surface area contributed by atoms with E-state index in [-0.39, 0.29) is 5.95 Å². The van der Waals surface area contributed by atoms with Crippen molar-refractivity contribution >= 4 is 17.7 Å². The fourth-order valence-electron chi connectivity index (χ4n) is 1.11. The van der Waals surface area contributed by atoms with Crippen LogP contribution in [0.3, 0.4) is 0 Å². The van der Waals surface area contributed by atoms with Gasteiger partial charge in [0.1, 0.15) is 6.33 Å². The predicted octanol–water partition coefficient (Wildman–Crippen LogP) is 1.14. The van der Waals surface area contributed by atoms with Crippen LogP contribution in [0.25, 0.3) is 5.95 Å². The summed E-state index contributed by atoms with van der Waals surface area (Å²) in [4.78, 5) is 16.3.